The van der Waals surface area contributed by atoms with E-state index in [-0.39, 0.29) is 0 Å². The van der Waals surface area contributed by atoms with Crippen LogP contribution in [-0.2, 0) is 0 Å². The molecule has 0 bridgehead atoms. The normalized spacial score (nSPS) is 15.2. The molecule has 0 radical (unpaired) electrons. The van der Waals surface area contributed by atoms with Crippen LogP contribution in [0.3, 0.4) is 0 Å². The smallest absolute Gasteiger partial charge is 0.125 e. The third-order valence-corrected chi connectivity index (χ3v) is 12.0. The molecule has 0 unspecified atom stereocenters. The van der Waals surface area contributed by atoms with Crippen LogP contribution >= 0.6 is 0 Å². The molecule has 5 heteroatoms. The zero-order valence-corrected chi connectivity index (χ0v) is 19.9. The molecule has 0 saturated heterocycles. The first-order chi connectivity index (χ1) is 16.3. The first-order valence-corrected chi connectivity index (χ1v) is 13.9. The molecule has 2 aromatic heterocycles. The van der Waals surface area contributed by atoms with Crippen LogP contribution in [0.1, 0.15) is 36.4 Å². The zero-order chi connectivity index (χ0) is 22.7. The van der Waals surface area contributed by atoms with Crippen molar-refractivity contribution in [2.24, 2.45) is 0 Å². The van der Waals surface area contributed by atoms with Crippen molar-refractivity contribution in [1.82, 2.24) is 20.4 Å². The Kier molecular flexibility index (Phi) is 5.80. The number of nitrogens with zero attached hydrogens (tertiary/aromatic N) is 4. The van der Waals surface area contributed by atoms with Gasteiger partial charge in [-0.2, -0.15) is 20.4 Å². The summed E-state index contributed by atoms with van der Waals surface area (Å²) in [6.07, 6.45) is 3.49. The highest BCUT2D eigenvalue weighted by Gasteiger charge is 2.49. The predicted molar refractivity (Wildman–Crippen MR) is 137 cm³/mol. The molecule has 2 aromatic carbocycles. The molecule has 5 rings (SSSR count). The van der Waals surface area contributed by atoms with Gasteiger partial charge in [-0.15, -0.1) is 0 Å². The van der Waals surface area contributed by atoms with Gasteiger partial charge < -0.3 is 0 Å². The molecule has 1 aliphatic heterocycles. The third-order valence-electron chi connectivity index (χ3n) is 6.70. The van der Waals surface area contributed by atoms with E-state index in [1.54, 1.807) is 12.4 Å². The number of allylic oxidation sites excluding steroid dienone is 2. The minimum absolute atomic E-state index is 0.971. The van der Waals surface area contributed by atoms with E-state index in [1.165, 1.54) is 32.7 Å². The van der Waals surface area contributed by atoms with Gasteiger partial charge in [0.1, 0.15) is 8.07 Å². The standard InChI is InChI=1S/C28H26N4Si/c1-3-33(4-2)27(23-17-11-19-29-31-23)25(21-13-7-5-8-14-21)26(22-15-9-6-10-16-22)28(33)24-18-12-20-30-32-24/h5-20H,3-4H2,1-2H3. The number of hydrogen-bond donors (Lipinski definition) is 0. The number of rotatable bonds is 6. The van der Waals surface area contributed by atoms with Crippen molar-refractivity contribution < 1.29 is 0 Å². The molecule has 4 nitrogen and oxygen atoms in total. The van der Waals surface area contributed by atoms with Crippen LogP contribution in [0.2, 0.25) is 12.1 Å². The summed E-state index contributed by atoms with van der Waals surface area (Å²) in [4.78, 5) is 0. The summed E-state index contributed by atoms with van der Waals surface area (Å²) in [5.41, 5.74) is 6.87. The molecule has 162 valence electrons. The van der Waals surface area contributed by atoms with Crippen LogP contribution in [0.4, 0.5) is 0 Å². The van der Waals surface area contributed by atoms with Crippen LogP contribution in [0.15, 0.2) is 97.3 Å². The number of benzene rings is 2. The zero-order valence-electron chi connectivity index (χ0n) is 18.9. The van der Waals surface area contributed by atoms with Crippen LogP contribution in [0, 0.1) is 0 Å². The van der Waals surface area contributed by atoms with E-state index in [0.29, 0.717) is 0 Å². The maximum Gasteiger partial charge on any atom is 0.125 e. The number of aromatic nitrogens is 4. The van der Waals surface area contributed by atoms with E-state index in [4.69, 9.17) is 0 Å². The summed E-state index contributed by atoms with van der Waals surface area (Å²) in [6, 6.07) is 31.7. The molecule has 0 atom stereocenters. The Morgan fingerprint density at radius 3 is 1.30 bits per heavy atom. The van der Waals surface area contributed by atoms with Gasteiger partial charge in [-0.05, 0) is 56.9 Å². The SMILES string of the molecule is CC[Si]1(CC)C(c2cccnn2)=C(c2ccccc2)C(c2ccccc2)=C1c1cccnn1. The molecule has 3 heterocycles. The molecule has 0 aliphatic carbocycles. The van der Waals surface area contributed by atoms with Crippen molar-refractivity contribution >= 4 is 29.6 Å². The molecule has 4 aromatic rings. The monoisotopic (exact) mass is 446 g/mol. The Bertz CT molecular complexity index is 1200. The average molecular weight is 447 g/mol. The highest BCUT2D eigenvalue weighted by Crippen LogP contribution is 2.57. The van der Waals surface area contributed by atoms with Crippen molar-refractivity contribution in [3.05, 3.63) is 120 Å². The van der Waals surface area contributed by atoms with Gasteiger partial charge in [0.2, 0.25) is 0 Å². The topological polar surface area (TPSA) is 51.6 Å². The van der Waals surface area contributed by atoms with E-state index in [0.717, 1.165) is 23.5 Å². The second kappa shape index (κ2) is 9.04. The molecule has 0 saturated carbocycles. The van der Waals surface area contributed by atoms with Crippen molar-refractivity contribution in [3.63, 3.8) is 0 Å². The fraction of sp³-hybridized carbons (Fsp3) is 0.143. The molecule has 0 spiro atoms. The average Bonchev–Trinajstić information content (AvgIpc) is 3.22. The minimum atomic E-state index is -2.26. The Morgan fingerprint density at radius 2 is 0.970 bits per heavy atom. The second-order valence-corrected chi connectivity index (χ2v) is 12.8. The molecular weight excluding hydrogens is 420 g/mol. The largest absolute Gasteiger partial charge is 0.159 e. The first-order valence-electron chi connectivity index (χ1n) is 11.5. The Balaban J connectivity index is 1.97. The fourth-order valence-corrected chi connectivity index (χ4v) is 10.1. The van der Waals surface area contributed by atoms with Gasteiger partial charge >= 0.3 is 0 Å². The Morgan fingerprint density at radius 1 is 0.545 bits per heavy atom. The molecule has 33 heavy (non-hydrogen) atoms. The van der Waals surface area contributed by atoms with Gasteiger partial charge in [0, 0.05) is 12.4 Å². The summed E-state index contributed by atoms with van der Waals surface area (Å²) < 4.78 is 0. The van der Waals surface area contributed by atoms with Gasteiger partial charge in [-0.3, -0.25) is 0 Å². The van der Waals surface area contributed by atoms with E-state index in [2.05, 4.69) is 107 Å². The Hall–Kier alpha value is -3.70. The quantitative estimate of drug-likeness (QED) is 0.323. The van der Waals surface area contributed by atoms with Crippen LogP contribution in [0.5, 0.6) is 0 Å². The summed E-state index contributed by atoms with van der Waals surface area (Å²) in [7, 11) is -2.26. The van der Waals surface area contributed by atoms with Crippen LogP contribution in [0.25, 0.3) is 21.5 Å². The molecule has 0 fully saturated rings. The second-order valence-electron chi connectivity index (χ2n) is 8.24. The van der Waals surface area contributed by atoms with Crippen LogP contribution < -0.4 is 0 Å². The van der Waals surface area contributed by atoms with Crippen molar-refractivity contribution in [2.75, 3.05) is 0 Å². The van der Waals surface area contributed by atoms with E-state index >= 15 is 0 Å². The van der Waals surface area contributed by atoms with Gasteiger partial charge in [0.15, 0.2) is 0 Å². The summed E-state index contributed by atoms with van der Waals surface area (Å²) in [6.45, 7) is 4.64. The van der Waals surface area contributed by atoms with Gasteiger partial charge in [0.05, 0.1) is 11.4 Å². The van der Waals surface area contributed by atoms with Crippen molar-refractivity contribution in [3.8, 4) is 0 Å². The highest BCUT2D eigenvalue weighted by atomic mass is 28.3. The summed E-state index contributed by atoms with van der Waals surface area (Å²) >= 11 is 0. The third kappa shape index (κ3) is 3.54. The lowest BCUT2D eigenvalue weighted by Gasteiger charge is -2.31. The summed E-state index contributed by atoms with van der Waals surface area (Å²) in [5.74, 6) is 0. The van der Waals surface area contributed by atoms with E-state index in [9.17, 15) is 0 Å². The van der Waals surface area contributed by atoms with E-state index in [1.807, 2.05) is 12.1 Å². The lowest BCUT2D eigenvalue weighted by atomic mass is 9.90. The summed E-state index contributed by atoms with van der Waals surface area (Å²) in [5, 5.41) is 20.6. The van der Waals surface area contributed by atoms with Crippen molar-refractivity contribution in [2.45, 2.75) is 25.9 Å². The van der Waals surface area contributed by atoms with Crippen LogP contribution in [-0.4, -0.2) is 28.5 Å². The van der Waals surface area contributed by atoms with Gasteiger partial charge in [0.25, 0.3) is 0 Å². The van der Waals surface area contributed by atoms with Gasteiger partial charge in [-0.25, -0.2) is 0 Å². The maximum absolute atomic E-state index is 4.65. The molecular formula is C28H26N4Si. The van der Waals surface area contributed by atoms with E-state index < -0.39 is 8.07 Å². The lowest BCUT2D eigenvalue weighted by molar-refractivity contribution is 1.01. The minimum Gasteiger partial charge on any atom is -0.159 e. The van der Waals surface area contributed by atoms with Crippen molar-refractivity contribution in [1.29, 1.82) is 0 Å². The lowest BCUT2D eigenvalue weighted by Crippen LogP contribution is -2.36. The number of hydrogen-bond acceptors (Lipinski definition) is 4. The highest BCUT2D eigenvalue weighted by molar-refractivity contribution is 7.14. The first kappa shape index (κ1) is 21.2. The molecule has 0 N–H and O–H groups in total. The maximum atomic E-state index is 4.65. The Labute approximate surface area is 195 Å². The predicted octanol–water partition coefficient (Wildman–Crippen LogP) is 6.37. The van der Waals surface area contributed by atoms with Gasteiger partial charge in [-0.1, -0.05) is 86.6 Å². The molecule has 0 amide bonds. The fourth-order valence-electron chi connectivity index (χ4n) is 5.21. The molecule has 1 aliphatic rings.